The summed E-state index contributed by atoms with van der Waals surface area (Å²) in [6.45, 7) is 1.77. The van der Waals surface area contributed by atoms with Gasteiger partial charge in [-0.1, -0.05) is 0 Å². The Bertz CT molecular complexity index is 605. The maximum atomic E-state index is 13.4. The van der Waals surface area contributed by atoms with E-state index in [0.29, 0.717) is 0 Å². The second-order valence-corrected chi connectivity index (χ2v) is 4.22. The van der Waals surface area contributed by atoms with Gasteiger partial charge in [0.1, 0.15) is 11.6 Å². The number of rotatable bonds is 3. The van der Waals surface area contributed by atoms with Crippen LogP contribution in [0.1, 0.15) is 18.5 Å². The molecule has 1 aromatic carbocycles. The van der Waals surface area contributed by atoms with Crippen LogP contribution in [-0.4, -0.2) is 11.0 Å². The number of amides is 2. The molecule has 0 aliphatic heterocycles. The van der Waals surface area contributed by atoms with Crippen LogP contribution in [0.5, 0.6) is 0 Å². The van der Waals surface area contributed by atoms with E-state index in [0.717, 1.165) is 23.8 Å². The highest BCUT2D eigenvalue weighted by atomic mass is 19.1. The van der Waals surface area contributed by atoms with E-state index in [1.54, 1.807) is 31.5 Å². The first-order valence-corrected chi connectivity index (χ1v) is 5.99. The van der Waals surface area contributed by atoms with Crippen molar-refractivity contribution in [3.8, 4) is 0 Å². The molecule has 1 atom stereocenters. The molecule has 2 rings (SSSR count). The average molecular weight is 277 g/mol. The molecule has 0 fully saturated rings. The van der Waals surface area contributed by atoms with Crippen LogP contribution in [0.2, 0.25) is 0 Å². The van der Waals surface area contributed by atoms with Gasteiger partial charge in [0.2, 0.25) is 0 Å². The fourth-order valence-corrected chi connectivity index (χ4v) is 1.68. The summed E-state index contributed by atoms with van der Waals surface area (Å²) < 4.78 is 26.4. The van der Waals surface area contributed by atoms with Crippen molar-refractivity contribution in [2.24, 2.45) is 0 Å². The number of urea groups is 1. The molecule has 0 saturated heterocycles. The highest BCUT2D eigenvalue weighted by Gasteiger charge is 2.11. The zero-order chi connectivity index (χ0) is 14.5. The van der Waals surface area contributed by atoms with E-state index in [-0.39, 0.29) is 11.7 Å². The molecule has 2 N–H and O–H groups in total. The zero-order valence-corrected chi connectivity index (χ0v) is 10.7. The summed E-state index contributed by atoms with van der Waals surface area (Å²) in [6, 6.07) is 5.48. The summed E-state index contributed by atoms with van der Waals surface area (Å²) in [5, 5.41) is 4.90. The van der Waals surface area contributed by atoms with Gasteiger partial charge >= 0.3 is 6.03 Å². The first-order valence-electron chi connectivity index (χ1n) is 5.99. The van der Waals surface area contributed by atoms with E-state index in [1.165, 1.54) is 0 Å². The number of anilines is 1. The van der Waals surface area contributed by atoms with E-state index in [1.807, 2.05) is 0 Å². The fraction of sp³-hybridized carbons (Fsp3) is 0.143. The third kappa shape index (κ3) is 3.50. The maximum absolute atomic E-state index is 13.4. The first-order chi connectivity index (χ1) is 9.56. The summed E-state index contributed by atoms with van der Waals surface area (Å²) in [4.78, 5) is 15.6. The molecule has 0 aliphatic rings. The summed E-state index contributed by atoms with van der Waals surface area (Å²) >= 11 is 0. The number of carbonyl (C=O) groups excluding carboxylic acids is 1. The number of halogens is 2. The molecule has 104 valence electrons. The molecule has 0 bridgehead atoms. The fourth-order valence-electron chi connectivity index (χ4n) is 1.68. The van der Waals surface area contributed by atoms with Crippen LogP contribution in [0.3, 0.4) is 0 Å². The van der Waals surface area contributed by atoms with Gasteiger partial charge in [0.25, 0.3) is 0 Å². The lowest BCUT2D eigenvalue weighted by Gasteiger charge is -2.15. The van der Waals surface area contributed by atoms with Gasteiger partial charge < -0.3 is 10.6 Å². The van der Waals surface area contributed by atoms with E-state index in [9.17, 15) is 13.6 Å². The molecule has 2 amide bonds. The first kappa shape index (κ1) is 13.9. The Balaban J connectivity index is 2.01. The summed E-state index contributed by atoms with van der Waals surface area (Å²) in [5.74, 6) is -1.32. The number of pyridine rings is 1. The average Bonchev–Trinajstić information content (AvgIpc) is 2.43. The number of carbonyl (C=O) groups is 1. The molecule has 6 heteroatoms. The summed E-state index contributed by atoms with van der Waals surface area (Å²) in [5.41, 5.74) is 0.652. The van der Waals surface area contributed by atoms with Crippen molar-refractivity contribution in [3.63, 3.8) is 0 Å². The lowest BCUT2D eigenvalue weighted by atomic mass is 10.1. The van der Waals surface area contributed by atoms with Gasteiger partial charge in [-0.2, -0.15) is 0 Å². The minimum Gasteiger partial charge on any atom is -0.331 e. The van der Waals surface area contributed by atoms with Crippen molar-refractivity contribution in [2.75, 3.05) is 5.32 Å². The van der Waals surface area contributed by atoms with Crippen LogP contribution in [-0.2, 0) is 0 Å². The molecular formula is C14H13F2N3O. The minimum absolute atomic E-state index is 0.204. The lowest BCUT2D eigenvalue weighted by molar-refractivity contribution is 0.249. The molecule has 4 nitrogen and oxygen atoms in total. The van der Waals surface area contributed by atoms with Crippen molar-refractivity contribution in [3.05, 3.63) is 59.9 Å². The van der Waals surface area contributed by atoms with E-state index in [4.69, 9.17) is 0 Å². The van der Waals surface area contributed by atoms with Gasteiger partial charge in [0.15, 0.2) is 0 Å². The monoisotopic (exact) mass is 277 g/mol. The number of hydrogen-bond acceptors (Lipinski definition) is 2. The number of aromatic nitrogens is 1. The molecule has 0 radical (unpaired) electrons. The van der Waals surface area contributed by atoms with Crippen molar-refractivity contribution >= 4 is 11.7 Å². The van der Waals surface area contributed by atoms with Gasteiger partial charge in [-0.3, -0.25) is 4.98 Å². The molecule has 0 aliphatic carbocycles. The largest absolute Gasteiger partial charge is 0.331 e. The molecule has 1 aromatic heterocycles. The summed E-state index contributed by atoms with van der Waals surface area (Å²) in [6.07, 6.45) is 3.22. The minimum atomic E-state index is -0.696. The highest BCUT2D eigenvalue weighted by molar-refractivity contribution is 5.89. The third-order valence-corrected chi connectivity index (χ3v) is 2.73. The quantitative estimate of drug-likeness (QED) is 0.904. The molecular weight excluding hydrogens is 264 g/mol. The predicted molar refractivity (Wildman–Crippen MR) is 71.2 cm³/mol. The highest BCUT2D eigenvalue weighted by Crippen LogP contribution is 2.16. The van der Waals surface area contributed by atoms with Gasteiger partial charge in [0.05, 0.1) is 11.7 Å². The Morgan fingerprint density at radius 1 is 1.20 bits per heavy atom. The molecule has 0 spiro atoms. The second kappa shape index (κ2) is 6.10. The van der Waals surface area contributed by atoms with Crippen molar-refractivity contribution in [1.82, 2.24) is 10.3 Å². The van der Waals surface area contributed by atoms with Crippen molar-refractivity contribution in [1.29, 1.82) is 0 Å². The topological polar surface area (TPSA) is 54.0 Å². The zero-order valence-electron chi connectivity index (χ0n) is 10.7. The Morgan fingerprint density at radius 2 is 1.90 bits per heavy atom. The maximum Gasteiger partial charge on any atom is 0.319 e. The van der Waals surface area contributed by atoms with Crippen LogP contribution in [0.4, 0.5) is 19.3 Å². The van der Waals surface area contributed by atoms with Crippen LogP contribution in [0, 0.1) is 11.6 Å². The number of nitrogens with one attached hydrogen (secondary N) is 2. The van der Waals surface area contributed by atoms with Crippen LogP contribution in [0.25, 0.3) is 0 Å². The Labute approximate surface area is 114 Å². The normalized spacial score (nSPS) is 11.8. The molecule has 20 heavy (non-hydrogen) atoms. The predicted octanol–water partition coefficient (Wildman–Crippen LogP) is 3.24. The van der Waals surface area contributed by atoms with Crippen molar-refractivity contribution in [2.45, 2.75) is 13.0 Å². The van der Waals surface area contributed by atoms with Gasteiger partial charge in [-0.05, 0) is 36.8 Å². The Kier molecular flexibility index (Phi) is 4.24. The SMILES string of the molecule is CC(NC(=O)Nc1cc(F)ccc1F)c1ccncc1. The van der Waals surface area contributed by atoms with E-state index < -0.39 is 17.7 Å². The van der Waals surface area contributed by atoms with Gasteiger partial charge in [-0.25, -0.2) is 13.6 Å². The molecule has 1 unspecified atom stereocenters. The van der Waals surface area contributed by atoms with E-state index >= 15 is 0 Å². The Hall–Kier alpha value is -2.50. The van der Waals surface area contributed by atoms with E-state index in [2.05, 4.69) is 15.6 Å². The summed E-state index contributed by atoms with van der Waals surface area (Å²) in [7, 11) is 0. The van der Waals surface area contributed by atoms with Gasteiger partial charge in [-0.15, -0.1) is 0 Å². The second-order valence-electron chi connectivity index (χ2n) is 4.22. The molecule has 1 heterocycles. The van der Waals surface area contributed by atoms with Gasteiger partial charge in [0, 0.05) is 18.5 Å². The number of nitrogens with zero attached hydrogens (tertiary/aromatic N) is 1. The lowest BCUT2D eigenvalue weighted by Crippen LogP contribution is -2.31. The van der Waals surface area contributed by atoms with Crippen LogP contribution >= 0.6 is 0 Å². The smallest absolute Gasteiger partial charge is 0.319 e. The van der Waals surface area contributed by atoms with Crippen LogP contribution < -0.4 is 10.6 Å². The number of hydrogen-bond donors (Lipinski definition) is 2. The number of benzene rings is 1. The standard InChI is InChI=1S/C14H13F2N3O/c1-9(10-4-6-17-7-5-10)18-14(20)19-13-8-11(15)2-3-12(13)16/h2-9H,1H3,(H2,18,19,20). The Morgan fingerprint density at radius 3 is 2.60 bits per heavy atom. The molecule has 2 aromatic rings. The van der Waals surface area contributed by atoms with Crippen molar-refractivity contribution < 1.29 is 13.6 Å². The molecule has 0 saturated carbocycles. The third-order valence-electron chi connectivity index (χ3n) is 2.73. The van der Waals surface area contributed by atoms with Crippen LogP contribution in [0.15, 0.2) is 42.7 Å².